The number of nitrogens with two attached hydrogens (primary N) is 1. The molecule has 0 aromatic rings. The van der Waals surface area contributed by atoms with E-state index in [1.807, 2.05) is 0 Å². The Morgan fingerprint density at radius 3 is 2.69 bits per heavy atom. The van der Waals surface area contributed by atoms with E-state index in [4.69, 9.17) is 5.73 Å². The van der Waals surface area contributed by atoms with Crippen LogP contribution in [0.4, 0.5) is 0 Å². The van der Waals surface area contributed by atoms with Crippen LogP contribution >= 0.6 is 0 Å². The molecule has 2 heteroatoms. The van der Waals surface area contributed by atoms with Gasteiger partial charge in [-0.1, -0.05) is 0 Å². The summed E-state index contributed by atoms with van der Waals surface area (Å²) < 4.78 is 0. The molecule has 2 unspecified atom stereocenters. The van der Waals surface area contributed by atoms with Crippen molar-refractivity contribution in [3.05, 3.63) is 0 Å². The summed E-state index contributed by atoms with van der Waals surface area (Å²) in [7, 11) is 0. The van der Waals surface area contributed by atoms with Crippen LogP contribution < -0.4 is 5.73 Å². The molecule has 0 spiro atoms. The first kappa shape index (κ1) is 9.47. The molecule has 0 aromatic carbocycles. The van der Waals surface area contributed by atoms with Gasteiger partial charge in [0.1, 0.15) is 0 Å². The molecule has 2 aliphatic rings. The predicted octanol–water partition coefficient (Wildman–Crippen LogP) is 1.60. The van der Waals surface area contributed by atoms with Crippen molar-refractivity contribution in [1.82, 2.24) is 4.90 Å². The van der Waals surface area contributed by atoms with Gasteiger partial charge in [-0.2, -0.15) is 0 Å². The second-order valence-electron chi connectivity index (χ2n) is 4.82. The predicted molar refractivity (Wildman–Crippen MR) is 55.6 cm³/mol. The van der Waals surface area contributed by atoms with Crippen molar-refractivity contribution >= 4 is 0 Å². The maximum absolute atomic E-state index is 6.08. The van der Waals surface area contributed by atoms with Crippen LogP contribution in [0.1, 0.15) is 39.0 Å². The fraction of sp³-hybridized carbons (Fsp3) is 1.00. The minimum Gasteiger partial charge on any atom is -0.327 e. The van der Waals surface area contributed by atoms with Crippen molar-refractivity contribution in [3.8, 4) is 0 Å². The summed E-state index contributed by atoms with van der Waals surface area (Å²) in [6.07, 6.45) is 6.76. The molecule has 13 heavy (non-hydrogen) atoms. The van der Waals surface area contributed by atoms with Gasteiger partial charge in [0.05, 0.1) is 0 Å². The number of hydrogen-bond acceptors (Lipinski definition) is 2. The van der Waals surface area contributed by atoms with Crippen LogP contribution in [0.25, 0.3) is 0 Å². The first-order valence-corrected chi connectivity index (χ1v) is 5.77. The summed E-state index contributed by atoms with van der Waals surface area (Å²) in [5.41, 5.74) is 6.08. The lowest BCUT2D eigenvalue weighted by molar-refractivity contribution is 0.254. The smallest absolute Gasteiger partial charge is 0.00793 e. The minimum absolute atomic E-state index is 0.493. The third-order valence-electron chi connectivity index (χ3n) is 3.67. The van der Waals surface area contributed by atoms with Crippen molar-refractivity contribution < 1.29 is 0 Å². The molecule has 0 radical (unpaired) electrons. The van der Waals surface area contributed by atoms with E-state index in [0.29, 0.717) is 6.04 Å². The van der Waals surface area contributed by atoms with E-state index in [0.717, 1.165) is 12.0 Å². The second kappa shape index (κ2) is 3.97. The highest BCUT2D eigenvalue weighted by Gasteiger charge is 2.29. The molecule has 1 heterocycles. The summed E-state index contributed by atoms with van der Waals surface area (Å²) in [5, 5.41) is 0. The average Bonchev–Trinajstić information content (AvgIpc) is 2.88. The lowest BCUT2D eigenvalue weighted by Gasteiger charge is -2.22. The first-order chi connectivity index (χ1) is 6.27. The Labute approximate surface area is 81.5 Å². The van der Waals surface area contributed by atoms with Gasteiger partial charge in [0, 0.05) is 12.1 Å². The third-order valence-corrected chi connectivity index (χ3v) is 3.67. The van der Waals surface area contributed by atoms with E-state index in [1.165, 1.54) is 45.2 Å². The van der Waals surface area contributed by atoms with Gasteiger partial charge >= 0.3 is 0 Å². The molecule has 0 amide bonds. The van der Waals surface area contributed by atoms with Crippen molar-refractivity contribution in [2.24, 2.45) is 11.7 Å². The Hall–Kier alpha value is -0.0800. The summed E-state index contributed by atoms with van der Waals surface area (Å²) in [5.74, 6) is 0.873. The van der Waals surface area contributed by atoms with Gasteiger partial charge < -0.3 is 10.6 Å². The normalized spacial score (nSPS) is 32.3. The van der Waals surface area contributed by atoms with Crippen LogP contribution in [-0.4, -0.2) is 30.1 Å². The van der Waals surface area contributed by atoms with Crippen LogP contribution in [0.15, 0.2) is 0 Å². The highest BCUT2D eigenvalue weighted by molar-refractivity contribution is 4.85. The second-order valence-corrected chi connectivity index (χ2v) is 4.82. The molecule has 2 nitrogen and oxygen atoms in total. The van der Waals surface area contributed by atoms with Crippen molar-refractivity contribution in [2.45, 2.75) is 51.1 Å². The maximum atomic E-state index is 6.08. The average molecular weight is 182 g/mol. The van der Waals surface area contributed by atoms with Gasteiger partial charge in [0.15, 0.2) is 0 Å². The molecular formula is C11H22N2. The highest BCUT2D eigenvalue weighted by atomic mass is 15.2. The van der Waals surface area contributed by atoms with E-state index in [2.05, 4.69) is 11.8 Å². The summed E-state index contributed by atoms with van der Waals surface area (Å²) >= 11 is 0. The molecule has 1 saturated heterocycles. The van der Waals surface area contributed by atoms with E-state index in [9.17, 15) is 0 Å². The fourth-order valence-corrected chi connectivity index (χ4v) is 2.40. The van der Waals surface area contributed by atoms with Gasteiger partial charge in [-0.3, -0.25) is 0 Å². The first-order valence-electron chi connectivity index (χ1n) is 5.77. The van der Waals surface area contributed by atoms with E-state index in [1.54, 1.807) is 0 Å². The zero-order valence-electron chi connectivity index (χ0n) is 8.71. The summed E-state index contributed by atoms with van der Waals surface area (Å²) in [6, 6.07) is 1.30. The van der Waals surface area contributed by atoms with Gasteiger partial charge in [0.25, 0.3) is 0 Å². The zero-order valence-corrected chi connectivity index (χ0v) is 8.71. The number of rotatable bonds is 4. The van der Waals surface area contributed by atoms with Crippen molar-refractivity contribution in [3.63, 3.8) is 0 Å². The molecule has 1 saturated carbocycles. The Balaban J connectivity index is 1.66. The lowest BCUT2D eigenvalue weighted by Crippen LogP contribution is -2.33. The van der Waals surface area contributed by atoms with Crippen LogP contribution in [-0.2, 0) is 0 Å². The summed E-state index contributed by atoms with van der Waals surface area (Å²) in [4.78, 5) is 2.60. The van der Waals surface area contributed by atoms with Crippen molar-refractivity contribution in [1.29, 1.82) is 0 Å². The highest BCUT2D eigenvalue weighted by Crippen LogP contribution is 2.33. The largest absolute Gasteiger partial charge is 0.327 e. The molecular weight excluding hydrogens is 160 g/mol. The van der Waals surface area contributed by atoms with Gasteiger partial charge in [0.2, 0.25) is 0 Å². The topological polar surface area (TPSA) is 29.3 Å². The fourth-order valence-electron chi connectivity index (χ4n) is 2.40. The Kier molecular flexibility index (Phi) is 2.89. The van der Waals surface area contributed by atoms with Gasteiger partial charge in [-0.25, -0.2) is 0 Å². The third kappa shape index (κ3) is 2.44. The van der Waals surface area contributed by atoms with E-state index < -0.39 is 0 Å². The van der Waals surface area contributed by atoms with Crippen molar-refractivity contribution in [2.75, 3.05) is 13.1 Å². The molecule has 76 valence electrons. The SMILES string of the molecule is CC1CCCN1CCC(N)C1CC1. The molecule has 2 N–H and O–H groups in total. The molecule has 2 rings (SSSR count). The molecule has 2 atom stereocenters. The number of nitrogens with zero attached hydrogens (tertiary/aromatic N) is 1. The van der Waals surface area contributed by atoms with Crippen LogP contribution in [0, 0.1) is 5.92 Å². The molecule has 0 aromatic heterocycles. The Bertz CT molecular complexity index is 165. The van der Waals surface area contributed by atoms with Gasteiger partial charge in [-0.15, -0.1) is 0 Å². The zero-order chi connectivity index (χ0) is 9.26. The standard InChI is InChI=1S/C11H22N2/c1-9-3-2-7-13(9)8-6-11(12)10-4-5-10/h9-11H,2-8,12H2,1H3. The molecule has 2 fully saturated rings. The maximum Gasteiger partial charge on any atom is 0.00793 e. The summed E-state index contributed by atoms with van der Waals surface area (Å²) in [6.45, 7) is 4.88. The monoisotopic (exact) mass is 182 g/mol. The minimum atomic E-state index is 0.493. The molecule has 0 bridgehead atoms. The van der Waals surface area contributed by atoms with E-state index >= 15 is 0 Å². The van der Waals surface area contributed by atoms with Gasteiger partial charge in [-0.05, 0) is 58.0 Å². The number of hydrogen-bond donors (Lipinski definition) is 1. The quantitative estimate of drug-likeness (QED) is 0.715. The van der Waals surface area contributed by atoms with E-state index in [-0.39, 0.29) is 0 Å². The lowest BCUT2D eigenvalue weighted by atomic mass is 10.1. The Morgan fingerprint density at radius 1 is 1.38 bits per heavy atom. The van der Waals surface area contributed by atoms with Crippen LogP contribution in [0.2, 0.25) is 0 Å². The van der Waals surface area contributed by atoms with Crippen LogP contribution in [0.3, 0.4) is 0 Å². The Morgan fingerprint density at radius 2 is 2.15 bits per heavy atom. The molecule has 1 aliphatic carbocycles. The molecule has 1 aliphatic heterocycles. The van der Waals surface area contributed by atoms with Crippen LogP contribution in [0.5, 0.6) is 0 Å². The number of likely N-dealkylation sites (tertiary alicyclic amines) is 1.